The predicted octanol–water partition coefficient (Wildman–Crippen LogP) is 2.62. The number of nitrogens with zero attached hydrogens (tertiary/aromatic N) is 6. The first-order valence-electron chi connectivity index (χ1n) is 10.5. The molecule has 0 radical (unpaired) electrons. The highest BCUT2D eigenvalue weighted by Crippen LogP contribution is 2.32. The normalized spacial score (nSPS) is 13.6. The van der Waals surface area contributed by atoms with E-state index in [0.29, 0.717) is 32.7 Å². The molecule has 3 aromatic rings. The zero-order chi connectivity index (χ0) is 23.4. The first kappa shape index (κ1) is 22.1. The van der Waals surface area contributed by atoms with Crippen molar-refractivity contribution >= 4 is 28.9 Å². The Labute approximate surface area is 190 Å². The standard InChI is InChI=1S/C22H25N7O4/c1-26(2)17-7-5-16(6-8-17)14-23-20-19(29(31)32)21(25-15-24-20)27-9-11-28(12-10-27)22(30)18-4-3-13-33-18/h3-8,13,15H,9-12,14H2,1-2H3,(H,23,24,25). The van der Waals surface area contributed by atoms with Gasteiger partial charge in [-0.2, -0.15) is 0 Å². The third kappa shape index (κ3) is 4.86. The van der Waals surface area contributed by atoms with E-state index in [0.717, 1.165) is 11.3 Å². The number of piperazine rings is 1. The largest absolute Gasteiger partial charge is 0.459 e. The van der Waals surface area contributed by atoms with Crippen LogP contribution >= 0.6 is 0 Å². The number of benzene rings is 1. The van der Waals surface area contributed by atoms with E-state index in [1.165, 1.54) is 12.6 Å². The van der Waals surface area contributed by atoms with Crippen LogP contribution in [-0.2, 0) is 6.54 Å². The molecule has 1 aliphatic heterocycles. The molecule has 1 saturated heterocycles. The van der Waals surface area contributed by atoms with Gasteiger partial charge in [0.1, 0.15) is 6.33 Å². The number of hydrogen-bond acceptors (Lipinski definition) is 9. The third-order valence-corrected chi connectivity index (χ3v) is 5.50. The lowest BCUT2D eigenvalue weighted by Gasteiger charge is -2.34. The fraction of sp³-hybridized carbons (Fsp3) is 0.318. The van der Waals surface area contributed by atoms with Crippen LogP contribution in [0.25, 0.3) is 0 Å². The van der Waals surface area contributed by atoms with E-state index < -0.39 is 4.92 Å². The highest BCUT2D eigenvalue weighted by Gasteiger charge is 2.31. The lowest BCUT2D eigenvalue weighted by Crippen LogP contribution is -2.49. The average Bonchev–Trinajstić information content (AvgIpc) is 3.37. The first-order valence-corrected chi connectivity index (χ1v) is 10.5. The highest BCUT2D eigenvalue weighted by atomic mass is 16.6. The molecule has 0 aliphatic carbocycles. The molecule has 0 atom stereocenters. The summed E-state index contributed by atoms with van der Waals surface area (Å²) in [6.07, 6.45) is 2.78. The van der Waals surface area contributed by atoms with Crippen molar-refractivity contribution in [3.63, 3.8) is 0 Å². The molecular formula is C22H25N7O4. The van der Waals surface area contributed by atoms with Gasteiger partial charge in [-0.15, -0.1) is 0 Å². The molecule has 0 saturated carbocycles. The lowest BCUT2D eigenvalue weighted by molar-refractivity contribution is -0.383. The van der Waals surface area contributed by atoms with Crippen molar-refractivity contribution in [1.29, 1.82) is 0 Å². The molecule has 2 aromatic heterocycles. The predicted molar refractivity (Wildman–Crippen MR) is 124 cm³/mol. The number of aromatic nitrogens is 2. The Kier molecular flexibility index (Phi) is 6.38. The van der Waals surface area contributed by atoms with Crippen molar-refractivity contribution < 1.29 is 14.1 Å². The van der Waals surface area contributed by atoms with Gasteiger partial charge >= 0.3 is 5.69 Å². The zero-order valence-electron chi connectivity index (χ0n) is 18.5. The Morgan fingerprint density at radius 3 is 2.48 bits per heavy atom. The van der Waals surface area contributed by atoms with Crippen molar-refractivity contribution in [1.82, 2.24) is 14.9 Å². The fourth-order valence-electron chi connectivity index (χ4n) is 3.67. The molecule has 1 aliphatic rings. The van der Waals surface area contributed by atoms with E-state index in [1.807, 2.05) is 48.2 Å². The van der Waals surface area contributed by atoms with Gasteiger partial charge in [0.25, 0.3) is 5.91 Å². The summed E-state index contributed by atoms with van der Waals surface area (Å²) in [6, 6.07) is 11.2. The minimum Gasteiger partial charge on any atom is -0.459 e. The van der Waals surface area contributed by atoms with E-state index in [9.17, 15) is 14.9 Å². The maximum Gasteiger partial charge on any atom is 0.353 e. The van der Waals surface area contributed by atoms with E-state index in [2.05, 4.69) is 15.3 Å². The molecule has 0 spiro atoms. The van der Waals surface area contributed by atoms with Gasteiger partial charge < -0.3 is 24.4 Å². The van der Waals surface area contributed by atoms with Gasteiger partial charge in [0, 0.05) is 52.5 Å². The first-order chi connectivity index (χ1) is 15.9. The number of carbonyl (C=O) groups is 1. The summed E-state index contributed by atoms with van der Waals surface area (Å²) in [5.74, 6) is 0.488. The molecule has 0 bridgehead atoms. The Balaban J connectivity index is 1.46. The topological polar surface area (TPSA) is 121 Å². The molecular weight excluding hydrogens is 426 g/mol. The molecule has 1 N–H and O–H groups in total. The number of rotatable bonds is 7. The Morgan fingerprint density at radius 2 is 1.88 bits per heavy atom. The number of nitrogens with one attached hydrogen (secondary N) is 1. The number of hydrogen-bond donors (Lipinski definition) is 1. The van der Waals surface area contributed by atoms with Gasteiger partial charge in [0.05, 0.1) is 11.2 Å². The molecule has 172 valence electrons. The maximum absolute atomic E-state index is 12.5. The Hall–Kier alpha value is -4.15. The van der Waals surface area contributed by atoms with Crippen molar-refractivity contribution in [3.8, 4) is 0 Å². The number of furan rings is 1. The minimum atomic E-state index is -0.465. The van der Waals surface area contributed by atoms with Gasteiger partial charge in [-0.25, -0.2) is 9.97 Å². The summed E-state index contributed by atoms with van der Waals surface area (Å²) in [7, 11) is 3.93. The van der Waals surface area contributed by atoms with Gasteiger partial charge in [0.2, 0.25) is 11.6 Å². The van der Waals surface area contributed by atoms with E-state index in [-0.39, 0.29) is 29.0 Å². The van der Waals surface area contributed by atoms with Crippen LogP contribution in [0.4, 0.5) is 23.0 Å². The summed E-state index contributed by atoms with van der Waals surface area (Å²) in [5, 5.41) is 15.0. The number of carbonyl (C=O) groups excluding carboxylic acids is 1. The molecule has 1 fully saturated rings. The van der Waals surface area contributed by atoms with Crippen LogP contribution in [0.15, 0.2) is 53.4 Å². The monoisotopic (exact) mass is 451 g/mol. The van der Waals surface area contributed by atoms with Crippen molar-refractivity contribution in [2.24, 2.45) is 0 Å². The van der Waals surface area contributed by atoms with E-state index >= 15 is 0 Å². The van der Waals surface area contributed by atoms with E-state index in [1.54, 1.807) is 17.0 Å². The van der Waals surface area contributed by atoms with Crippen LogP contribution in [0, 0.1) is 10.1 Å². The van der Waals surface area contributed by atoms with Crippen LogP contribution in [-0.4, -0.2) is 66.0 Å². The van der Waals surface area contributed by atoms with Crippen LogP contribution < -0.4 is 15.1 Å². The van der Waals surface area contributed by atoms with Gasteiger partial charge in [0.15, 0.2) is 5.76 Å². The Bertz CT molecular complexity index is 1110. The summed E-state index contributed by atoms with van der Waals surface area (Å²) >= 11 is 0. The fourth-order valence-corrected chi connectivity index (χ4v) is 3.67. The molecule has 33 heavy (non-hydrogen) atoms. The summed E-state index contributed by atoms with van der Waals surface area (Å²) in [6.45, 7) is 2.02. The minimum absolute atomic E-state index is 0.163. The molecule has 11 heteroatoms. The molecule has 1 amide bonds. The molecule has 11 nitrogen and oxygen atoms in total. The van der Waals surface area contributed by atoms with Gasteiger partial charge in [-0.1, -0.05) is 12.1 Å². The van der Waals surface area contributed by atoms with Crippen LogP contribution in [0.5, 0.6) is 0 Å². The zero-order valence-corrected chi connectivity index (χ0v) is 18.5. The van der Waals surface area contributed by atoms with Crippen LogP contribution in [0.2, 0.25) is 0 Å². The van der Waals surface area contributed by atoms with Crippen molar-refractivity contribution in [3.05, 3.63) is 70.4 Å². The molecule has 0 unspecified atom stereocenters. The van der Waals surface area contributed by atoms with Crippen molar-refractivity contribution in [2.45, 2.75) is 6.54 Å². The maximum atomic E-state index is 12.5. The smallest absolute Gasteiger partial charge is 0.353 e. The van der Waals surface area contributed by atoms with Crippen molar-refractivity contribution in [2.75, 3.05) is 55.4 Å². The van der Waals surface area contributed by atoms with Crippen LogP contribution in [0.1, 0.15) is 16.1 Å². The third-order valence-electron chi connectivity index (χ3n) is 5.50. The van der Waals surface area contributed by atoms with E-state index in [4.69, 9.17) is 4.42 Å². The summed E-state index contributed by atoms with van der Waals surface area (Å²) in [5.41, 5.74) is 1.87. The second-order valence-electron chi connectivity index (χ2n) is 7.82. The quantitative estimate of drug-likeness (QED) is 0.427. The van der Waals surface area contributed by atoms with Gasteiger partial charge in [-0.05, 0) is 29.8 Å². The number of nitro groups is 1. The number of amides is 1. The second kappa shape index (κ2) is 9.55. The summed E-state index contributed by atoms with van der Waals surface area (Å²) in [4.78, 5) is 37.7. The molecule has 1 aromatic carbocycles. The SMILES string of the molecule is CN(C)c1ccc(CNc2ncnc(N3CCN(C(=O)c4ccco4)CC3)c2[N+](=O)[O-])cc1. The Morgan fingerprint density at radius 1 is 1.15 bits per heavy atom. The lowest BCUT2D eigenvalue weighted by atomic mass is 10.2. The average molecular weight is 451 g/mol. The molecule has 4 rings (SSSR count). The highest BCUT2D eigenvalue weighted by molar-refractivity contribution is 5.91. The number of anilines is 3. The van der Waals surface area contributed by atoms with Gasteiger partial charge in [-0.3, -0.25) is 14.9 Å². The second-order valence-corrected chi connectivity index (χ2v) is 7.82. The van der Waals surface area contributed by atoms with Crippen LogP contribution in [0.3, 0.4) is 0 Å². The molecule has 3 heterocycles. The summed E-state index contributed by atoms with van der Waals surface area (Å²) < 4.78 is 5.18.